The molecule has 1 heterocycles. The highest BCUT2D eigenvalue weighted by molar-refractivity contribution is 6.05. The number of rotatable bonds is 3. The van der Waals surface area contributed by atoms with Crippen molar-refractivity contribution in [1.29, 1.82) is 0 Å². The molecule has 1 aliphatic heterocycles. The Morgan fingerprint density at radius 2 is 1.85 bits per heavy atom. The standard InChI is InChI=1S/C20H22FN3O2/c1-13-6-7-14(20(26)24-10-8-15(22)9-11-24)12-18(13)23-19(25)16-4-2-3-5-17(16)21/h2-7,12,15H,8-11,22H2,1H3,(H,23,25). The number of carbonyl (C=O) groups excluding carboxylic acids is 2. The van der Waals surface area contributed by atoms with Crippen molar-refractivity contribution in [2.75, 3.05) is 18.4 Å². The molecule has 1 fully saturated rings. The lowest BCUT2D eigenvalue weighted by atomic mass is 10.0. The largest absolute Gasteiger partial charge is 0.339 e. The lowest BCUT2D eigenvalue weighted by Crippen LogP contribution is -2.42. The zero-order valence-corrected chi connectivity index (χ0v) is 14.7. The van der Waals surface area contributed by atoms with Crippen molar-refractivity contribution in [3.05, 3.63) is 65.0 Å². The number of nitrogens with one attached hydrogen (secondary N) is 1. The Morgan fingerprint density at radius 3 is 2.54 bits per heavy atom. The molecule has 2 aromatic carbocycles. The Balaban J connectivity index is 1.78. The average molecular weight is 355 g/mol. The quantitative estimate of drug-likeness (QED) is 0.889. The first-order valence-electron chi connectivity index (χ1n) is 8.67. The third kappa shape index (κ3) is 3.91. The topological polar surface area (TPSA) is 75.4 Å². The molecule has 2 amide bonds. The van der Waals surface area contributed by atoms with Crippen LogP contribution in [-0.4, -0.2) is 35.8 Å². The Hall–Kier alpha value is -2.73. The first-order valence-corrected chi connectivity index (χ1v) is 8.67. The summed E-state index contributed by atoms with van der Waals surface area (Å²) in [6.07, 6.45) is 1.57. The molecule has 3 rings (SSSR count). The molecule has 0 unspecified atom stereocenters. The molecule has 6 heteroatoms. The molecule has 0 radical (unpaired) electrons. The summed E-state index contributed by atoms with van der Waals surface area (Å²) in [5.74, 6) is -1.21. The van der Waals surface area contributed by atoms with Gasteiger partial charge < -0.3 is 16.0 Å². The zero-order chi connectivity index (χ0) is 18.7. The minimum Gasteiger partial charge on any atom is -0.339 e. The summed E-state index contributed by atoms with van der Waals surface area (Å²) in [4.78, 5) is 26.8. The van der Waals surface area contributed by atoms with E-state index in [-0.39, 0.29) is 17.5 Å². The van der Waals surface area contributed by atoms with Gasteiger partial charge >= 0.3 is 0 Å². The molecule has 5 nitrogen and oxygen atoms in total. The maximum absolute atomic E-state index is 13.8. The fourth-order valence-corrected chi connectivity index (χ4v) is 3.01. The Morgan fingerprint density at radius 1 is 1.15 bits per heavy atom. The van der Waals surface area contributed by atoms with Gasteiger partial charge in [0.05, 0.1) is 5.56 Å². The number of amides is 2. The molecule has 0 aliphatic carbocycles. The lowest BCUT2D eigenvalue weighted by molar-refractivity contribution is 0.0714. The monoisotopic (exact) mass is 355 g/mol. The molecule has 0 saturated carbocycles. The summed E-state index contributed by atoms with van der Waals surface area (Å²) in [6, 6.07) is 11.1. The molecular formula is C20H22FN3O2. The number of hydrogen-bond donors (Lipinski definition) is 2. The third-order valence-corrected chi connectivity index (χ3v) is 4.68. The van der Waals surface area contributed by atoms with Crippen LogP contribution in [0.1, 0.15) is 39.1 Å². The highest BCUT2D eigenvalue weighted by Gasteiger charge is 2.22. The second-order valence-corrected chi connectivity index (χ2v) is 6.59. The van der Waals surface area contributed by atoms with Crippen LogP contribution in [0.3, 0.4) is 0 Å². The number of nitrogens with two attached hydrogens (primary N) is 1. The summed E-state index contributed by atoms with van der Waals surface area (Å²) in [5, 5.41) is 2.70. The third-order valence-electron chi connectivity index (χ3n) is 4.68. The van der Waals surface area contributed by atoms with Gasteiger partial charge in [-0.25, -0.2) is 4.39 Å². The Labute approximate surface area is 152 Å². The summed E-state index contributed by atoms with van der Waals surface area (Å²) in [7, 11) is 0. The maximum atomic E-state index is 13.8. The van der Waals surface area contributed by atoms with Gasteiger partial charge in [0.15, 0.2) is 0 Å². The molecule has 0 atom stereocenters. The van der Waals surface area contributed by atoms with E-state index in [0.29, 0.717) is 24.3 Å². The predicted molar refractivity (Wildman–Crippen MR) is 98.6 cm³/mol. The second-order valence-electron chi connectivity index (χ2n) is 6.59. The lowest BCUT2D eigenvalue weighted by Gasteiger charge is -2.30. The molecule has 1 aliphatic rings. The van der Waals surface area contributed by atoms with Crippen LogP contribution in [0.25, 0.3) is 0 Å². The van der Waals surface area contributed by atoms with Gasteiger partial charge in [0.2, 0.25) is 0 Å². The maximum Gasteiger partial charge on any atom is 0.258 e. The van der Waals surface area contributed by atoms with Gasteiger partial charge in [0.25, 0.3) is 11.8 Å². The van der Waals surface area contributed by atoms with E-state index >= 15 is 0 Å². The predicted octanol–water partition coefficient (Wildman–Crippen LogP) is 2.95. The summed E-state index contributed by atoms with van der Waals surface area (Å²) >= 11 is 0. The van der Waals surface area contributed by atoms with E-state index in [1.807, 2.05) is 6.92 Å². The van der Waals surface area contributed by atoms with E-state index in [1.54, 1.807) is 29.2 Å². The van der Waals surface area contributed by atoms with E-state index in [2.05, 4.69) is 5.32 Å². The van der Waals surface area contributed by atoms with Gasteiger partial charge in [0.1, 0.15) is 5.82 Å². The Kier molecular flexibility index (Phi) is 5.32. The molecule has 0 spiro atoms. The first kappa shape index (κ1) is 18.1. The summed E-state index contributed by atoms with van der Waals surface area (Å²) in [5.41, 5.74) is 7.64. The number of hydrogen-bond acceptors (Lipinski definition) is 3. The van der Waals surface area contributed by atoms with Crippen LogP contribution in [0.15, 0.2) is 42.5 Å². The Bertz CT molecular complexity index is 830. The van der Waals surface area contributed by atoms with Crippen LogP contribution >= 0.6 is 0 Å². The molecular weight excluding hydrogens is 333 g/mol. The molecule has 26 heavy (non-hydrogen) atoms. The van der Waals surface area contributed by atoms with Crippen molar-refractivity contribution in [3.8, 4) is 0 Å². The SMILES string of the molecule is Cc1ccc(C(=O)N2CCC(N)CC2)cc1NC(=O)c1ccccc1F. The van der Waals surface area contributed by atoms with Gasteiger partial charge in [-0.3, -0.25) is 9.59 Å². The van der Waals surface area contributed by atoms with Crippen molar-refractivity contribution < 1.29 is 14.0 Å². The van der Waals surface area contributed by atoms with Gasteiger partial charge in [-0.05, 0) is 49.6 Å². The zero-order valence-electron chi connectivity index (χ0n) is 14.7. The van der Waals surface area contributed by atoms with Gasteiger partial charge in [0, 0.05) is 30.4 Å². The molecule has 1 saturated heterocycles. The smallest absolute Gasteiger partial charge is 0.258 e. The van der Waals surface area contributed by atoms with E-state index in [0.717, 1.165) is 18.4 Å². The number of halogens is 1. The molecule has 0 bridgehead atoms. The highest BCUT2D eigenvalue weighted by Crippen LogP contribution is 2.21. The van der Waals surface area contributed by atoms with Crippen LogP contribution in [0.5, 0.6) is 0 Å². The fourth-order valence-electron chi connectivity index (χ4n) is 3.01. The fraction of sp³-hybridized carbons (Fsp3) is 0.300. The van der Waals surface area contributed by atoms with E-state index in [1.165, 1.54) is 18.2 Å². The molecule has 0 aromatic heterocycles. The first-order chi connectivity index (χ1) is 12.5. The van der Waals surface area contributed by atoms with Crippen LogP contribution in [0, 0.1) is 12.7 Å². The van der Waals surface area contributed by atoms with Crippen molar-refractivity contribution in [2.45, 2.75) is 25.8 Å². The van der Waals surface area contributed by atoms with Gasteiger partial charge in [-0.2, -0.15) is 0 Å². The highest BCUT2D eigenvalue weighted by atomic mass is 19.1. The van der Waals surface area contributed by atoms with Crippen LogP contribution < -0.4 is 11.1 Å². The van der Waals surface area contributed by atoms with E-state index in [9.17, 15) is 14.0 Å². The molecule has 3 N–H and O–H groups in total. The number of anilines is 1. The molecule has 2 aromatic rings. The normalized spacial score (nSPS) is 15.0. The van der Waals surface area contributed by atoms with Crippen LogP contribution in [-0.2, 0) is 0 Å². The number of benzene rings is 2. The second kappa shape index (κ2) is 7.66. The number of carbonyl (C=O) groups is 2. The average Bonchev–Trinajstić information content (AvgIpc) is 2.64. The number of aryl methyl sites for hydroxylation is 1. The van der Waals surface area contributed by atoms with Crippen molar-refractivity contribution in [1.82, 2.24) is 4.90 Å². The van der Waals surface area contributed by atoms with Crippen molar-refractivity contribution >= 4 is 17.5 Å². The van der Waals surface area contributed by atoms with E-state index in [4.69, 9.17) is 5.73 Å². The minimum absolute atomic E-state index is 0.0337. The molecule has 136 valence electrons. The number of piperidine rings is 1. The van der Waals surface area contributed by atoms with E-state index < -0.39 is 11.7 Å². The van der Waals surface area contributed by atoms with Crippen LogP contribution in [0.2, 0.25) is 0 Å². The van der Waals surface area contributed by atoms with Crippen LogP contribution in [0.4, 0.5) is 10.1 Å². The van der Waals surface area contributed by atoms with Gasteiger partial charge in [-0.1, -0.05) is 18.2 Å². The van der Waals surface area contributed by atoms with Crippen molar-refractivity contribution in [3.63, 3.8) is 0 Å². The summed E-state index contributed by atoms with van der Waals surface area (Å²) in [6.45, 7) is 3.08. The van der Waals surface area contributed by atoms with Crippen molar-refractivity contribution in [2.24, 2.45) is 5.73 Å². The minimum atomic E-state index is -0.584. The number of likely N-dealkylation sites (tertiary alicyclic amines) is 1. The number of nitrogens with zero attached hydrogens (tertiary/aromatic N) is 1. The van der Waals surface area contributed by atoms with Gasteiger partial charge in [-0.15, -0.1) is 0 Å². The summed E-state index contributed by atoms with van der Waals surface area (Å²) < 4.78 is 13.8.